The van der Waals surface area contributed by atoms with Crippen LogP contribution in [-0.2, 0) is 6.42 Å². The minimum atomic E-state index is 0.612. The molecule has 1 aliphatic rings. The Balaban J connectivity index is 2.18. The normalized spacial score (nSPS) is 21.5. The number of hydrogen-bond donors (Lipinski definition) is 0. The third-order valence-corrected chi connectivity index (χ3v) is 3.63. The van der Waals surface area contributed by atoms with Crippen LogP contribution in [0.4, 0.5) is 0 Å². The van der Waals surface area contributed by atoms with Crippen molar-refractivity contribution in [1.29, 1.82) is 0 Å². The van der Waals surface area contributed by atoms with E-state index in [9.17, 15) is 0 Å². The largest absolute Gasteiger partial charge is 0.299 e. The first kappa shape index (κ1) is 11.6. The predicted molar refractivity (Wildman–Crippen MR) is 67.5 cm³/mol. The van der Waals surface area contributed by atoms with E-state index in [2.05, 4.69) is 36.1 Å². The Morgan fingerprint density at radius 2 is 2.38 bits per heavy atom. The minimum Gasteiger partial charge on any atom is -0.299 e. The summed E-state index contributed by atoms with van der Waals surface area (Å²) in [5, 5.41) is 0. The van der Waals surface area contributed by atoms with Crippen LogP contribution in [0, 0.1) is 0 Å². The Kier molecular flexibility index (Phi) is 3.94. The van der Waals surface area contributed by atoms with Gasteiger partial charge in [0.15, 0.2) is 0 Å². The van der Waals surface area contributed by atoms with Crippen LogP contribution in [0.25, 0.3) is 0 Å². The van der Waals surface area contributed by atoms with E-state index in [0.29, 0.717) is 6.04 Å². The van der Waals surface area contributed by atoms with Gasteiger partial charge in [0.2, 0.25) is 0 Å². The zero-order chi connectivity index (χ0) is 11.4. The van der Waals surface area contributed by atoms with E-state index < -0.39 is 0 Å². The van der Waals surface area contributed by atoms with Crippen molar-refractivity contribution in [1.82, 2.24) is 9.88 Å². The van der Waals surface area contributed by atoms with Crippen LogP contribution in [0.5, 0.6) is 0 Å². The maximum Gasteiger partial charge on any atom is 0.0363 e. The number of rotatable bonds is 4. The zero-order valence-electron chi connectivity index (χ0n) is 10.4. The number of hydrogen-bond acceptors (Lipinski definition) is 2. The van der Waals surface area contributed by atoms with Crippen LogP contribution < -0.4 is 0 Å². The highest BCUT2D eigenvalue weighted by Gasteiger charge is 2.24. The summed E-state index contributed by atoms with van der Waals surface area (Å²) in [6.07, 6.45) is 10.4. The maximum absolute atomic E-state index is 4.31. The lowest BCUT2D eigenvalue weighted by atomic mass is 9.97. The molecule has 0 aromatic carbocycles. The standard InChI is InChI=1S/C14H22N2/c1-3-4-6-12-8-9-15-11-13(12)14-7-5-10-16(14)2/h8-9,11,14H,3-7,10H2,1-2H3/t14-/m0/s1. The molecule has 0 amide bonds. The summed E-state index contributed by atoms with van der Waals surface area (Å²) in [5.41, 5.74) is 2.98. The number of aryl methyl sites for hydroxylation is 1. The Bertz CT molecular complexity index is 335. The molecule has 0 bridgehead atoms. The molecule has 1 atom stereocenters. The van der Waals surface area contributed by atoms with Gasteiger partial charge in [0, 0.05) is 18.4 Å². The smallest absolute Gasteiger partial charge is 0.0363 e. The second-order valence-electron chi connectivity index (χ2n) is 4.82. The molecule has 0 saturated carbocycles. The van der Waals surface area contributed by atoms with Gasteiger partial charge in [-0.05, 0) is 56.5 Å². The summed E-state index contributed by atoms with van der Waals surface area (Å²) < 4.78 is 0. The summed E-state index contributed by atoms with van der Waals surface area (Å²) in [6.45, 7) is 3.48. The number of pyridine rings is 1. The monoisotopic (exact) mass is 218 g/mol. The van der Waals surface area contributed by atoms with Crippen LogP contribution >= 0.6 is 0 Å². The van der Waals surface area contributed by atoms with Crippen LogP contribution in [0.1, 0.15) is 49.8 Å². The molecule has 0 unspecified atom stereocenters. The fraction of sp³-hybridized carbons (Fsp3) is 0.643. The topological polar surface area (TPSA) is 16.1 Å². The summed E-state index contributed by atoms with van der Waals surface area (Å²) in [4.78, 5) is 6.77. The van der Waals surface area contributed by atoms with Crippen molar-refractivity contribution in [3.05, 3.63) is 29.6 Å². The fourth-order valence-corrected chi connectivity index (χ4v) is 2.63. The molecule has 16 heavy (non-hydrogen) atoms. The molecule has 1 fully saturated rings. The molecule has 0 N–H and O–H groups in total. The molecule has 1 aromatic heterocycles. The van der Waals surface area contributed by atoms with Gasteiger partial charge in [0.25, 0.3) is 0 Å². The first-order chi connectivity index (χ1) is 7.83. The van der Waals surface area contributed by atoms with Gasteiger partial charge in [-0.2, -0.15) is 0 Å². The van der Waals surface area contributed by atoms with Crippen molar-refractivity contribution in [2.24, 2.45) is 0 Å². The SMILES string of the molecule is CCCCc1ccncc1[C@@H]1CCCN1C. The highest BCUT2D eigenvalue weighted by Crippen LogP contribution is 2.32. The molecule has 1 aliphatic heterocycles. The number of likely N-dealkylation sites (tertiary alicyclic amines) is 1. The summed E-state index contributed by atoms with van der Waals surface area (Å²) >= 11 is 0. The van der Waals surface area contributed by atoms with Crippen LogP contribution in [0.2, 0.25) is 0 Å². The van der Waals surface area contributed by atoms with Crippen LogP contribution in [0.3, 0.4) is 0 Å². The first-order valence-corrected chi connectivity index (χ1v) is 6.46. The van der Waals surface area contributed by atoms with Gasteiger partial charge in [-0.3, -0.25) is 9.88 Å². The lowest BCUT2D eigenvalue weighted by molar-refractivity contribution is 0.315. The molecule has 2 heterocycles. The van der Waals surface area contributed by atoms with Crippen molar-refractivity contribution >= 4 is 0 Å². The van der Waals surface area contributed by atoms with E-state index in [1.54, 1.807) is 0 Å². The van der Waals surface area contributed by atoms with Crippen molar-refractivity contribution in [3.63, 3.8) is 0 Å². The number of nitrogens with zero attached hydrogens (tertiary/aromatic N) is 2. The second-order valence-corrected chi connectivity index (χ2v) is 4.82. The van der Waals surface area contributed by atoms with Crippen molar-refractivity contribution in [2.45, 2.75) is 45.1 Å². The van der Waals surface area contributed by atoms with Gasteiger partial charge in [-0.15, -0.1) is 0 Å². The summed E-state index contributed by atoms with van der Waals surface area (Å²) in [7, 11) is 2.23. The highest BCUT2D eigenvalue weighted by molar-refractivity contribution is 5.27. The Morgan fingerprint density at radius 1 is 1.50 bits per heavy atom. The van der Waals surface area contributed by atoms with E-state index in [1.807, 2.05) is 6.20 Å². The molecule has 2 heteroatoms. The average molecular weight is 218 g/mol. The van der Waals surface area contributed by atoms with E-state index in [-0.39, 0.29) is 0 Å². The molecule has 2 nitrogen and oxygen atoms in total. The Hall–Kier alpha value is -0.890. The number of unbranched alkanes of at least 4 members (excludes halogenated alkanes) is 1. The molecule has 0 radical (unpaired) electrons. The van der Waals surface area contributed by atoms with Crippen LogP contribution in [0.15, 0.2) is 18.5 Å². The van der Waals surface area contributed by atoms with E-state index in [4.69, 9.17) is 0 Å². The molecule has 2 rings (SSSR count). The summed E-state index contributed by atoms with van der Waals surface area (Å²) in [5.74, 6) is 0. The second kappa shape index (κ2) is 5.44. The van der Waals surface area contributed by atoms with Crippen molar-refractivity contribution in [3.8, 4) is 0 Å². The van der Waals surface area contributed by atoms with Gasteiger partial charge < -0.3 is 0 Å². The Labute approximate surface area is 98.7 Å². The third-order valence-electron chi connectivity index (χ3n) is 3.63. The first-order valence-electron chi connectivity index (χ1n) is 6.46. The number of aromatic nitrogens is 1. The van der Waals surface area contributed by atoms with Crippen molar-refractivity contribution < 1.29 is 0 Å². The fourth-order valence-electron chi connectivity index (χ4n) is 2.63. The van der Waals surface area contributed by atoms with E-state index >= 15 is 0 Å². The van der Waals surface area contributed by atoms with Gasteiger partial charge in [-0.25, -0.2) is 0 Å². The average Bonchev–Trinajstić information content (AvgIpc) is 2.73. The molecule has 0 spiro atoms. The lowest BCUT2D eigenvalue weighted by Gasteiger charge is -2.22. The van der Waals surface area contributed by atoms with Gasteiger partial charge in [0.05, 0.1) is 0 Å². The lowest BCUT2D eigenvalue weighted by Crippen LogP contribution is -2.19. The van der Waals surface area contributed by atoms with E-state index in [1.165, 1.54) is 49.8 Å². The molecule has 1 aromatic rings. The quantitative estimate of drug-likeness (QED) is 0.771. The minimum absolute atomic E-state index is 0.612. The van der Waals surface area contributed by atoms with Gasteiger partial charge in [0.1, 0.15) is 0 Å². The molecule has 88 valence electrons. The molecular formula is C14H22N2. The zero-order valence-corrected chi connectivity index (χ0v) is 10.4. The van der Waals surface area contributed by atoms with Crippen molar-refractivity contribution in [2.75, 3.05) is 13.6 Å². The maximum atomic E-state index is 4.31. The molecular weight excluding hydrogens is 196 g/mol. The van der Waals surface area contributed by atoms with Crippen LogP contribution in [-0.4, -0.2) is 23.5 Å². The third kappa shape index (κ3) is 2.43. The molecule has 1 saturated heterocycles. The predicted octanol–water partition coefficient (Wildman–Crippen LogP) is 3.19. The highest BCUT2D eigenvalue weighted by atomic mass is 15.1. The van der Waals surface area contributed by atoms with Gasteiger partial charge in [-0.1, -0.05) is 13.3 Å². The Morgan fingerprint density at radius 3 is 3.06 bits per heavy atom. The summed E-state index contributed by atoms with van der Waals surface area (Å²) in [6, 6.07) is 2.82. The van der Waals surface area contributed by atoms with E-state index in [0.717, 1.165) is 0 Å². The molecule has 0 aliphatic carbocycles. The van der Waals surface area contributed by atoms with Gasteiger partial charge >= 0.3 is 0 Å².